The SMILES string of the molecule is CC(C)(C)NC(=O)COc1ccc(Br)cc1CNCc1ccccc1.Cl. The summed E-state index contributed by atoms with van der Waals surface area (Å²) in [4.78, 5) is 11.9. The van der Waals surface area contributed by atoms with Crippen LogP contribution < -0.4 is 15.4 Å². The molecule has 26 heavy (non-hydrogen) atoms. The van der Waals surface area contributed by atoms with E-state index < -0.39 is 0 Å². The molecule has 0 fully saturated rings. The highest BCUT2D eigenvalue weighted by atomic mass is 79.9. The largest absolute Gasteiger partial charge is 0.483 e. The summed E-state index contributed by atoms with van der Waals surface area (Å²) < 4.78 is 6.71. The molecule has 0 aliphatic rings. The van der Waals surface area contributed by atoms with Crippen LogP contribution in [0.3, 0.4) is 0 Å². The normalized spacial score (nSPS) is 10.8. The quantitative estimate of drug-likeness (QED) is 0.667. The molecule has 2 rings (SSSR count). The highest BCUT2D eigenvalue weighted by Crippen LogP contribution is 2.23. The lowest BCUT2D eigenvalue weighted by atomic mass is 10.1. The second kappa shape index (κ2) is 10.6. The van der Waals surface area contributed by atoms with Crippen LogP contribution in [0.5, 0.6) is 5.75 Å². The van der Waals surface area contributed by atoms with E-state index in [0.29, 0.717) is 12.3 Å². The third kappa shape index (κ3) is 8.21. The molecule has 0 bridgehead atoms. The van der Waals surface area contributed by atoms with Gasteiger partial charge in [-0.2, -0.15) is 0 Å². The van der Waals surface area contributed by atoms with Crippen molar-refractivity contribution in [2.45, 2.75) is 39.4 Å². The molecule has 2 aromatic carbocycles. The summed E-state index contributed by atoms with van der Waals surface area (Å²) in [6.45, 7) is 7.28. The number of amides is 1. The van der Waals surface area contributed by atoms with Crippen LogP contribution in [0.25, 0.3) is 0 Å². The predicted molar refractivity (Wildman–Crippen MR) is 112 cm³/mol. The fraction of sp³-hybridized carbons (Fsp3) is 0.350. The Morgan fingerprint density at radius 3 is 2.42 bits per heavy atom. The average molecular weight is 442 g/mol. The van der Waals surface area contributed by atoms with Crippen LogP contribution in [-0.4, -0.2) is 18.1 Å². The van der Waals surface area contributed by atoms with E-state index in [1.165, 1.54) is 5.56 Å². The number of benzene rings is 2. The van der Waals surface area contributed by atoms with Crippen LogP contribution >= 0.6 is 28.3 Å². The standard InChI is InChI=1S/C20H25BrN2O2.ClH/c1-20(2,3)23-19(24)14-25-18-10-9-17(21)11-16(18)13-22-12-15-7-5-4-6-8-15;/h4-11,22H,12-14H2,1-3H3,(H,23,24);1H. The molecule has 0 unspecified atom stereocenters. The van der Waals surface area contributed by atoms with E-state index in [4.69, 9.17) is 4.74 Å². The van der Waals surface area contributed by atoms with E-state index in [0.717, 1.165) is 16.6 Å². The van der Waals surface area contributed by atoms with Gasteiger partial charge in [-0.05, 0) is 44.5 Å². The second-order valence-corrected chi connectivity index (χ2v) is 7.84. The molecule has 0 atom stereocenters. The molecular formula is C20H26BrClN2O2. The first kappa shape index (κ1) is 22.5. The Kier molecular flexibility index (Phi) is 9.13. The molecule has 6 heteroatoms. The van der Waals surface area contributed by atoms with Gasteiger partial charge in [-0.1, -0.05) is 46.3 Å². The zero-order chi connectivity index (χ0) is 18.3. The molecule has 2 N–H and O–H groups in total. The number of halogens is 2. The fourth-order valence-electron chi connectivity index (χ4n) is 2.36. The number of carbonyl (C=O) groups is 1. The van der Waals surface area contributed by atoms with Crippen molar-refractivity contribution in [3.63, 3.8) is 0 Å². The lowest BCUT2D eigenvalue weighted by Crippen LogP contribution is -2.43. The van der Waals surface area contributed by atoms with Crippen LogP contribution in [0.4, 0.5) is 0 Å². The molecule has 1 amide bonds. The van der Waals surface area contributed by atoms with Crippen molar-refractivity contribution in [1.82, 2.24) is 10.6 Å². The van der Waals surface area contributed by atoms with Gasteiger partial charge in [0.05, 0.1) is 0 Å². The maximum absolute atomic E-state index is 11.9. The fourth-order valence-corrected chi connectivity index (χ4v) is 2.77. The van der Waals surface area contributed by atoms with Crippen LogP contribution in [0, 0.1) is 0 Å². The highest BCUT2D eigenvalue weighted by molar-refractivity contribution is 9.10. The van der Waals surface area contributed by atoms with Crippen LogP contribution in [0.2, 0.25) is 0 Å². The number of ether oxygens (including phenoxy) is 1. The number of hydrogen-bond acceptors (Lipinski definition) is 3. The maximum atomic E-state index is 11.9. The molecule has 0 saturated heterocycles. The van der Waals surface area contributed by atoms with E-state index in [2.05, 4.69) is 38.7 Å². The van der Waals surface area contributed by atoms with Crippen LogP contribution in [-0.2, 0) is 17.9 Å². The summed E-state index contributed by atoms with van der Waals surface area (Å²) in [5, 5.41) is 6.31. The number of rotatable bonds is 7. The lowest BCUT2D eigenvalue weighted by Gasteiger charge is -2.21. The third-order valence-electron chi connectivity index (χ3n) is 3.38. The van der Waals surface area contributed by atoms with Crippen molar-refractivity contribution < 1.29 is 9.53 Å². The van der Waals surface area contributed by atoms with Gasteiger partial charge in [-0.25, -0.2) is 0 Å². The minimum atomic E-state index is -0.264. The van der Waals surface area contributed by atoms with Crippen molar-refractivity contribution in [3.05, 3.63) is 64.1 Å². The molecule has 142 valence electrons. The van der Waals surface area contributed by atoms with Gasteiger partial charge >= 0.3 is 0 Å². The monoisotopic (exact) mass is 440 g/mol. The molecule has 2 aromatic rings. The Morgan fingerprint density at radius 1 is 1.08 bits per heavy atom. The van der Waals surface area contributed by atoms with Crippen LogP contribution in [0.1, 0.15) is 31.9 Å². The minimum absolute atomic E-state index is 0. The zero-order valence-corrected chi connectivity index (χ0v) is 17.7. The number of hydrogen-bond donors (Lipinski definition) is 2. The zero-order valence-electron chi connectivity index (χ0n) is 15.3. The Morgan fingerprint density at radius 2 is 1.77 bits per heavy atom. The van der Waals surface area contributed by atoms with Crippen molar-refractivity contribution in [3.8, 4) is 5.75 Å². The summed E-state index contributed by atoms with van der Waals surface area (Å²) in [7, 11) is 0. The van der Waals surface area contributed by atoms with Gasteiger partial charge in [0, 0.05) is 28.7 Å². The van der Waals surface area contributed by atoms with Gasteiger partial charge in [0.2, 0.25) is 0 Å². The summed E-state index contributed by atoms with van der Waals surface area (Å²) in [5.74, 6) is 0.589. The Labute approximate surface area is 170 Å². The van der Waals surface area contributed by atoms with Crippen molar-refractivity contribution in [2.75, 3.05) is 6.61 Å². The molecule has 0 aliphatic carbocycles. The average Bonchev–Trinajstić information content (AvgIpc) is 2.53. The maximum Gasteiger partial charge on any atom is 0.258 e. The summed E-state index contributed by atoms with van der Waals surface area (Å²) in [6, 6.07) is 16.0. The first-order valence-electron chi connectivity index (χ1n) is 8.30. The van der Waals surface area contributed by atoms with Gasteiger partial charge in [-0.15, -0.1) is 12.4 Å². The summed E-state index contributed by atoms with van der Waals surface area (Å²) in [5.41, 5.74) is 1.97. The smallest absolute Gasteiger partial charge is 0.258 e. The molecule has 0 heterocycles. The van der Waals surface area contributed by atoms with E-state index in [-0.39, 0.29) is 30.5 Å². The van der Waals surface area contributed by atoms with Gasteiger partial charge in [0.25, 0.3) is 5.91 Å². The highest BCUT2D eigenvalue weighted by Gasteiger charge is 2.14. The summed E-state index contributed by atoms with van der Waals surface area (Å²) in [6.07, 6.45) is 0. The lowest BCUT2D eigenvalue weighted by molar-refractivity contribution is -0.124. The Balaban J connectivity index is 0.00000338. The number of carbonyl (C=O) groups excluding carboxylic acids is 1. The van der Waals surface area contributed by atoms with E-state index in [1.54, 1.807) is 0 Å². The molecule has 0 radical (unpaired) electrons. The Bertz CT molecular complexity index is 703. The Hall–Kier alpha value is -1.56. The predicted octanol–water partition coefficient (Wildman–Crippen LogP) is 4.45. The topological polar surface area (TPSA) is 50.4 Å². The van der Waals surface area contributed by atoms with Crippen molar-refractivity contribution in [1.29, 1.82) is 0 Å². The number of nitrogens with one attached hydrogen (secondary N) is 2. The minimum Gasteiger partial charge on any atom is -0.483 e. The molecule has 0 aliphatic heterocycles. The molecular weight excluding hydrogens is 416 g/mol. The van der Waals surface area contributed by atoms with Crippen molar-refractivity contribution in [2.24, 2.45) is 0 Å². The summed E-state index contributed by atoms with van der Waals surface area (Å²) >= 11 is 3.49. The van der Waals surface area contributed by atoms with E-state index in [1.807, 2.05) is 57.2 Å². The van der Waals surface area contributed by atoms with E-state index in [9.17, 15) is 4.79 Å². The van der Waals surface area contributed by atoms with Gasteiger partial charge in [0.15, 0.2) is 6.61 Å². The molecule has 4 nitrogen and oxygen atoms in total. The van der Waals surface area contributed by atoms with Gasteiger partial charge < -0.3 is 15.4 Å². The third-order valence-corrected chi connectivity index (χ3v) is 3.88. The first-order valence-corrected chi connectivity index (χ1v) is 9.10. The van der Waals surface area contributed by atoms with Crippen molar-refractivity contribution >= 4 is 34.2 Å². The van der Waals surface area contributed by atoms with E-state index >= 15 is 0 Å². The molecule has 0 spiro atoms. The molecule has 0 aromatic heterocycles. The van der Waals surface area contributed by atoms with Gasteiger partial charge in [-0.3, -0.25) is 4.79 Å². The first-order chi connectivity index (χ1) is 11.8. The molecule has 0 saturated carbocycles. The van der Waals surface area contributed by atoms with Gasteiger partial charge in [0.1, 0.15) is 5.75 Å². The van der Waals surface area contributed by atoms with Crippen LogP contribution in [0.15, 0.2) is 53.0 Å². The second-order valence-electron chi connectivity index (χ2n) is 6.93.